The van der Waals surface area contributed by atoms with Crippen LogP contribution in [0.4, 0.5) is 18.9 Å². The summed E-state index contributed by atoms with van der Waals surface area (Å²) in [4.78, 5) is 0. The van der Waals surface area contributed by atoms with Gasteiger partial charge in [-0.2, -0.15) is 13.2 Å². The molecule has 1 saturated heterocycles. The lowest BCUT2D eigenvalue weighted by atomic mass is 10.1. The summed E-state index contributed by atoms with van der Waals surface area (Å²) in [6, 6.07) is 3.10. The molecule has 1 heterocycles. The van der Waals surface area contributed by atoms with E-state index in [-0.39, 0.29) is 17.5 Å². The molecule has 0 saturated carbocycles. The molecule has 0 aliphatic carbocycles. The Bertz CT molecular complexity index is 428. The first-order valence-electron chi connectivity index (χ1n) is 6.18. The number of ether oxygens (including phenoxy) is 2. The molecule has 0 amide bonds. The summed E-state index contributed by atoms with van der Waals surface area (Å²) in [5, 5.41) is 0. The number of hydrogen-bond acceptors (Lipinski definition) is 3. The molecule has 6 heteroatoms. The van der Waals surface area contributed by atoms with E-state index in [9.17, 15) is 13.2 Å². The van der Waals surface area contributed by atoms with Gasteiger partial charge in [-0.15, -0.1) is 0 Å². The molecule has 1 unspecified atom stereocenters. The highest BCUT2D eigenvalue weighted by molar-refractivity contribution is 5.54. The highest BCUT2D eigenvalue weighted by Crippen LogP contribution is 2.33. The van der Waals surface area contributed by atoms with Gasteiger partial charge >= 0.3 is 6.18 Å². The van der Waals surface area contributed by atoms with Gasteiger partial charge < -0.3 is 15.2 Å². The van der Waals surface area contributed by atoms with Crippen LogP contribution in [-0.4, -0.2) is 19.3 Å². The second kappa shape index (κ2) is 5.69. The smallest absolute Gasteiger partial charge is 0.416 e. The lowest BCUT2D eigenvalue weighted by Gasteiger charge is -2.23. The van der Waals surface area contributed by atoms with Crippen LogP contribution >= 0.6 is 0 Å². The number of hydrogen-bond donors (Lipinski definition) is 1. The van der Waals surface area contributed by atoms with Crippen molar-refractivity contribution in [3.05, 3.63) is 23.8 Å². The van der Waals surface area contributed by atoms with Crippen molar-refractivity contribution in [1.82, 2.24) is 0 Å². The number of benzene rings is 1. The van der Waals surface area contributed by atoms with Crippen LogP contribution in [0.3, 0.4) is 0 Å². The van der Waals surface area contributed by atoms with Crippen LogP contribution in [0, 0.1) is 0 Å². The van der Waals surface area contributed by atoms with E-state index in [2.05, 4.69) is 0 Å². The minimum Gasteiger partial charge on any atom is -0.489 e. The molecule has 3 nitrogen and oxygen atoms in total. The fraction of sp³-hybridized carbons (Fsp3) is 0.538. The Labute approximate surface area is 109 Å². The van der Waals surface area contributed by atoms with Gasteiger partial charge in [0.1, 0.15) is 12.4 Å². The molecular formula is C13H16F3NO2. The van der Waals surface area contributed by atoms with Crippen molar-refractivity contribution < 1.29 is 22.6 Å². The molecule has 2 rings (SSSR count). The molecule has 1 aliphatic heterocycles. The van der Waals surface area contributed by atoms with Gasteiger partial charge in [-0.25, -0.2) is 0 Å². The van der Waals surface area contributed by atoms with Crippen LogP contribution in [0.2, 0.25) is 0 Å². The van der Waals surface area contributed by atoms with Crippen LogP contribution in [0.1, 0.15) is 24.8 Å². The van der Waals surface area contributed by atoms with E-state index in [0.717, 1.165) is 31.4 Å². The van der Waals surface area contributed by atoms with Gasteiger partial charge in [0, 0.05) is 6.61 Å². The first kappa shape index (κ1) is 14.0. The summed E-state index contributed by atoms with van der Waals surface area (Å²) in [5.74, 6) is 0.266. The Morgan fingerprint density at radius 3 is 2.68 bits per heavy atom. The van der Waals surface area contributed by atoms with Gasteiger partial charge in [-0.3, -0.25) is 0 Å². The van der Waals surface area contributed by atoms with Crippen molar-refractivity contribution in [2.75, 3.05) is 18.9 Å². The molecule has 1 aromatic carbocycles. The molecule has 2 N–H and O–H groups in total. The van der Waals surface area contributed by atoms with E-state index >= 15 is 0 Å². The highest BCUT2D eigenvalue weighted by atomic mass is 19.4. The fourth-order valence-electron chi connectivity index (χ4n) is 1.98. The number of alkyl halides is 3. The van der Waals surface area contributed by atoms with Gasteiger partial charge in [0.2, 0.25) is 0 Å². The largest absolute Gasteiger partial charge is 0.489 e. The van der Waals surface area contributed by atoms with Crippen LogP contribution in [0.15, 0.2) is 18.2 Å². The first-order valence-corrected chi connectivity index (χ1v) is 6.18. The maximum Gasteiger partial charge on any atom is 0.416 e. The van der Waals surface area contributed by atoms with Crippen molar-refractivity contribution in [3.63, 3.8) is 0 Å². The SMILES string of the molecule is Nc1cc(C(F)(F)F)ccc1OCC1CCCCO1. The van der Waals surface area contributed by atoms with E-state index in [0.29, 0.717) is 13.2 Å². The van der Waals surface area contributed by atoms with E-state index in [1.165, 1.54) is 6.07 Å². The molecule has 0 radical (unpaired) electrons. The van der Waals surface area contributed by atoms with Gasteiger partial charge in [-0.1, -0.05) is 0 Å². The fourth-order valence-corrected chi connectivity index (χ4v) is 1.98. The summed E-state index contributed by atoms with van der Waals surface area (Å²) in [6.07, 6.45) is -1.37. The average molecular weight is 275 g/mol. The quantitative estimate of drug-likeness (QED) is 0.861. The second-order valence-electron chi connectivity index (χ2n) is 4.55. The molecule has 106 valence electrons. The zero-order chi connectivity index (χ0) is 13.9. The number of anilines is 1. The van der Waals surface area contributed by atoms with E-state index < -0.39 is 11.7 Å². The van der Waals surface area contributed by atoms with E-state index in [1.807, 2.05) is 0 Å². The Kier molecular flexibility index (Phi) is 4.19. The first-order chi connectivity index (χ1) is 8.97. The number of nitrogens with two attached hydrogens (primary N) is 1. The molecular weight excluding hydrogens is 259 g/mol. The predicted molar refractivity (Wildman–Crippen MR) is 64.9 cm³/mol. The Morgan fingerprint density at radius 2 is 2.11 bits per heavy atom. The normalized spacial score (nSPS) is 20.3. The maximum atomic E-state index is 12.5. The topological polar surface area (TPSA) is 44.5 Å². The molecule has 1 atom stereocenters. The van der Waals surface area contributed by atoms with Crippen LogP contribution in [0.25, 0.3) is 0 Å². The summed E-state index contributed by atoms with van der Waals surface area (Å²) in [6.45, 7) is 1.02. The van der Waals surface area contributed by atoms with Crippen molar-refractivity contribution in [2.24, 2.45) is 0 Å². The number of halogens is 3. The third-order valence-electron chi connectivity index (χ3n) is 3.04. The third-order valence-corrected chi connectivity index (χ3v) is 3.04. The van der Waals surface area contributed by atoms with Gasteiger partial charge in [0.15, 0.2) is 0 Å². The minimum absolute atomic E-state index is 0.00422. The number of rotatable bonds is 3. The molecule has 1 aromatic rings. The van der Waals surface area contributed by atoms with Gasteiger partial charge in [0.05, 0.1) is 17.4 Å². The minimum atomic E-state index is -4.39. The molecule has 19 heavy (non-hydrogen) atoms. The summed E-state index contributed by atoms with van der Waals surface area (Å²) >= 11 is 0. The number of nitrogen functional groups attached to an aromatic ring is 1. The lowest BCUT2D eigenvalue weighted by molar-refractivity contribution is -0.137. The standard InChI is InChI=1S/C13H16F3NO2/c14-13(15,16)9-4-5-12(11(17)7-9)19-8-10-3-1-2-6-18-10/h4-5,7,10H,1-3,6,8,17H2. The zero-order valence-electron chi connectivity index (χ0n) is 10.4. The van der Waals surface area contributed by atoms with E-state index in [1.54, 1.807) is 0 Å². The molecule has 0 bridgehead atoms. The molecule has 1 aliphatic rings. The summed E-state index contributed by atoms with van der Waals surface area (Å²) in [5.41, 5.74) is 4.79. The van der Waals surface area contributed by atoms with Crippen molar-refractivity contribution in [3.8, 4) is 5.75 Å². The highest BCUT2D eigenvalue weighted by Gasteiger charge is 2.31. The van der Waals surface area contributed by atoms with Crippen LogP contribution in [-0.2, 0) is 10.9 Å². The second-order valence-corrected chi connectivity index (χ2v) is 4.55. The predicted octanol–water partition coefficient (Wildman–Crippen LogP) is 3.24. The molecule has 1 fully saturated rings. The average Bonchev–Trinajstić information content (AvgIpc) is 2.37. The van der Waals surface area contributed by atoms with E-state index in [4.69, 9.17) is 15.2 Å². The maximum absolute atomic E-state index is 12.5. The molecule has 0 spiro atoms. The van der Waals surface area contributed by atoms with Crippen LogP contribution < -0.4 is 10.5 Å². The Balaban J connectivity index is 1.97. The van der Waals surface area contributed by atoms with Crippen LogP contribution in [0.5, 0.6) is 5.75 Å². The Hall–Kier alpha value is -1.43. The van der Waals surface area contributed by atoms with Gasteiger partial charge in [-0.05, 0) is 37.5 Å². The lowest BCUT2D eigenvalue weighted by Crippen LogP contribution is -2.26. The molecule has 0 aromatic heterocycles. The Morgan fingerprint density at radius 1 is 1.32 bits per heavy atom. The monoisotopic (exact) mass is 275 g/mol. The van der Waals surface area contributed by atoms with Crippen molar-refractivity contribution >= 4 is 5.69 Å². The van der Waals surface area contributed by atoms with Crippen molar-refractivity contribution in [1.29, 1.82) is 0 Å². The third kappa shape index (κ3) is 3.76. The summed E-state index contributed by atoms with van der Waals surface area (Å²) in [7, 11) is 0. The zero-order valence-corrected chi connectivity index (χ0v) is 10.4. The van der Waals surface area contributed by atoms with Crippen molar-refractivity contribution in [2.45, 2.75) is 31.5 Å². The summed E-state index contributed by atoms with van der Waals surface area (Å²) < 4.78 is 48.3. The van der Waals surface area contributed by atoms with Gasteiger partial charge in [0.25, 0.3) is 0 Å².